The molecule has 3 aromatic carbocycles. The number of hydrogen-bond donors (Lipinski definition) is 3. The van der Waals surface area contributed by atoms with Gasteiger partial charge in [-0.1, -0.05) is 75.9 Å². The first-order valence-electron chi connectivity index (χ1n) is 13.7. The second kappa shape index (κ2) is 18.5. The number of carbonyl (C=O) groups excluding carboxylic acids is 1. The Balaban J connectivity index is 0.00000161. The molecule has 7 nitrogen and oxygen atoms in total. The van der Waals surface area contributed by atoms with Gasteiger partial charge in [0, 0.05) is 68.7 Å². The fraction of sp³-hybridized carbons (Fsp3) is 0.312. The number of carboxylic acid groups (broad SMARTS) is 1. The molecule has 0 saturated carbocycles. The Kier molecular flexibility index (Phi) is 15.0. The quantitative estimate of drug-likeness (QED) is 0.241. The van der Waals surface area contributed by atoms with Gasteiger partial charge in [-0.15, -0.1) is 0 Å². The van der Waals surface area contributed by atoms with Gasteiger partial charge in [0.1, 0.15) is 6.54 Å². The van der Waals surface area contributed by atoms with Crippen LogP contribution in [0.25, 0.3) is 0 Å². The second-order valence-corrected chi connectivity index (χ2v) is 9.26. The summed E-state index contributed by atoms with van der Waals surface area (Å²) in [6, 6.07) is 25.3. The molecule has 0 aromatic heterocycles. The number of nitrogens with one attached hydrogen (secondary N) is 2. The third-order valence-corrected chi connectivity index (χ3v) is 6.56. The van der Waals surface area contributed by atoms with E-state index in [-0.39, 0.29) is 13.9 Å². The van der Waals surface area contributed by atoms with Gasteiger partial charge < -0.3 is 15.3 Å². The van der Waals surface area contributed by atoms with Crippen LogP contribution in [0.3, 0.4) is 0 Å². The topological polar surface area (TPSA) is 84.9 Å². The number of rotatable bonds is 8. The van der Waals surface area contributed by atoms with Gasteiger partial charge in [0.15, 0.2) is 0 Å². The number of amides is 1. The summed E-state index contributed by atoms with van der Waals surface area (Å²) in [5.74, 6) is 5.36. The van der Waals surface area contributed by atoms with Crippen molar-refractivity contribution in [2.24, 2.45) is 0 Å². The van der Waals surface area contributed by atoms with Gasteiger partial charge >= 0.3 is 5.97 Å². The summed E-state index contributed by atoms with van der Waals surface area (Å²) in [6.45, 7) is 11.8. The van der Waals surface area contributed by atoms with Crippen LogP contribution in [-0.2, 0) is 11.3 Å². The first kappa shape index (κ1) is 32.4. The van der Waals surface area contributed by atoms with E-state index in [0.717, 1.165) is 48.6 Å². The molecule has 0 unspecified atom stereocenters. The molecule has 1 aliphatic heterocycles. The molecule has 1 saturated heterocycles. The van der Waals surface area contributed by atoms with Gasteiger partial charge in [-0.2, -0.15) is 0 Å². The van der Waals surface area contributed by atoms with Crippen molar-refractivity contribution in [1.29, 1.82) is 0 Å². The molecule has 1 amide bonds. The van der Waals surface area contributed by atoms with Crippen LogP contribution in [0.2, 0.25) is 0 Å². The lowest BCUT2D eigenvalue weighted by molar-refractivity contribution is -0.135. The first-order valence-corrected chi connectivity index (χ1v) is 14.5. The molecule has 1 fully saturated rings. The van der Waals surface area contributed by atoms with Crippen molar-refractivity contribution in [2.75, 3.05) is 37.6 Å². The zero-order valence-corrected chi connectivity index (χ0v) is 24.6. The Morgan fingerprint density at radius 1 is 0.850 bits per heavy atom. The van der Waals surface area contributed by atoms with E-state index in [2.05, 4.69) is 43.2 Å². The first-order chi connectivity index (χ1) is 19.6. The predicted octanol–water partition coefficient (Wildman–Crippen LogP) is 5.67. The SMILES string of the molecule is CC.CC.O=C(O)CNSN1CCN(c2ccc(C#Cc3cccc(C(=O)NCc4ccccc4)c3)cc2)CC1.[HH]. The highest BCUT2D eigenvalue weighted by Gasteiger charge is 2.17. The Morgan fingerprint density at radius 2 is 1.50 bits per heavy atom. The molecular weight excluding hydrogens is 520 g/mol. The minimum absolute atomic E-state index is 0. The predicted molar refractivity (Wildman–Crippen MR) is 168 cm³/mol. The average molecular weight is 563 g/mol. The Morgan fingerprint density at radius 3 is 2.15 bits per heavy atom. The number of piperazine rings is 1. The van der Waals surface area contributed by atoms with Crippen molar-refractivity contribution in [2.45, 2.75) is 34.2 Å². The van der Waals surface area contributed by atoms with Gasteiger partial charge in [0.25, 0.3) is 5.91 Å². The lowest BCUT2D eigenvalue weighted by Gasteiger charge is -2.35. The molecule has 0 spiro atoms. The zero-order valence-electron chi connectivity index (χ0n) is 23.8. The lowest BCUT2D eigenvalue weighted by Crippen LogP contribution is -2.44. The van der Waals surface area contributed by atoms with Crippen LogP contribution in [0.15, 0.2) is 78.9 Å². The van der Waals surface area contributed by atoms with Crippen LogP contribution >= 0.6 is 12.1 Å². The standard InChI is InChI=1S/C28H28N4O3S.2C2H6.H2/c33-27(34)21-30-36-32-17-15-31(16-18-32)26-13-11-22(12-14-26)9-10-23-7-4-8-25(19-23)28(35)29-20-24-5-2-1-3-6-24;2*1-2;/h1-8,11-14,19,30H,15-18,20-21H2,(H,29,35)(H,33,34);2*1-2H3;1H. The van der Waals surface area contributed by atoms with Crippen molar-refractivity contribution >= 4 is 29.7 Å². The Bertz CT molecular complexity index is 1240. The zero-order chi connectivity index (χ0) is 29.2. The molecule has 214 valence electrons. The normalized spacial score (nSPS) is 12.4. The summed E-state index contributed by atoms with van der Waals surface area (Å²) >= 11 is 1.37. The van der Waals surface area contributed by atoms with Crippen molar-refractivity contribution in [3.05, 3.63) is 101 Å². The van der Waals surface area contributed by atoms with Crippen LogP contribution in [0.1, 0.15) is 56.2 Å². The minimum atomic E-state index is -0.860. The van der Waals surface area contributed by atoms with Gasteiger partial charge in [0.2, 0.25) is 0 Å². The number of hydrogen-bond acceptors (Lipinski definition) is 6. The fourth-order valence-corrected chi connectivity index (χ4v) is 4.46. The maximum Gasteiger partial charge on any atom is 0.318 e. The number of aliphatic carboxylic acids is 1. The second-order valence-electron chi connectivity index (χ2n) is 8.27. The van der Waals surface area contributed by atoms with Crippen molar-refractivity contribution in [3.63, 3.8) is 0 Å². The molecule has 1 heterocycles. The summed E-state index contributed by atoms with van der Waals surface area (Å²) in [5, 5.41) is 11.7. The molecule has 0 bridgehead atoms. The van der Waals surface area contributed by atoms with Gasteiger partial charge in [-0.3, -0.25) is 9.59 Å². The van der Waals surface area contributed by atoms with Crippen molar-refractivity contribution in [1.82, 2.24) is 14.3 Å². The molecule has 4 rings (SSSR count). The third kappa shape index (κ3) is 11.1. The van der Waals surface area contributed by atoms with E-state index in [9.17, 15) is 9.59 Å². The third-order valence-electron chi connectivity index (χ3n) is 5.66. The molecule has 3 aromatic rings. The number of carboxylic acids is 1. The largest absolute Gasteiger partial charge is 0.480 e. The van der Waals surface area contributed by atoms with E-state index >= 15 is 0 Å². The monoisotopic (exact) mass is 562 g/mol. The molecule has 8 heteroatoms. The number of nitrogens with zero attached hydrogens (tertiary/aromatic N) is 2. The lowest BCUT2D eigenvalue weighted by atomic mass is 10.1. The Hall–Kier alpha value is -3.77. The highest BCUT2D eigenvalue weighted by molar-refractivity contribution is 7.95. The molecule has 0 radical (unpaired) electrons. The van der Waals surface area contributed by atoms with Gasteiger partial charge in [-0.25, -0.2) is 9.03 Å². The minimum Gasteiger partial charge on any atom is -0.480 e. The maximum absolute atomic E-state index is 12.5. The number of benzene rings is 3. The fourth-order valence-electron chi connectivity index (χ4n) is 3.74. The highest BCUT2D eigenvalue weighted by Crippen LogP contribution is 2.19. The summed E-state index contributed by atoms with van der Waals surface area (Å²) in [5.41, 5.74) is 4.48. The van der Waals surface area contributed by atoms with Crippen LogP contribution in [0, 0.1) is 11.8 Å². The molecule has 0 atom stereocenters. The van der Waals surface area contributed by atoms with Crippen LogP contribution in [-0.4, -0.2) is 54.0 Å². The smallest absolute Gasteiger partial charge is 0.318 e. The molecule has 3 N–H and O–H groups in total. The van der Waals surface area contributed by atoms with Crippen LogP contribution in [0.5, 0.6) is 0 Å². The molecular formula is C32H42N4O3S. The molecule has 40 heavy (non-hydrogen) atoms. The summed E-state index contributed by atoms with van der Waals surface area (Å²) in [4.78, 5) is 25.5. The molecule has 1 aliphatic rings. The van der Waals surface area contributed by atoms with E-state index in [4.69, 9.17) is 5.11 Å². The van der Waals surface area contributed by atoms with E-state index < -0.39 is 5.97 Å². The van der Waals surface area contributed by atoms with Crippen LogP contribution < -0.4 is 14.9 Å². The van der Waals surface area contributed by atoms with Gasteiger partial charge in [0.05, 0.1) is 0 Å². The van der Waals surface area contributed by atoms with E-state index in [1.54, 1.807) is 6.07 Å². The maximum atomic E-state index is 12.5. The van der Waals surface area contributed by atoms with Gasteiger partial charge in [-0.05, 0) is 48.0 Å². The van der Waals surface area contributed by atoms with E-state index in [1.807, 2.05) is 88.4 Å². The summed E-state index contributed by atoms with van der Waals surface area (Å²) in [7, 11) is 0. The van der Waals surface area contributed by atoms with E-state index in [1.165, 1.54) is 12.1 Å². The summed E-state index contributed by atoms with van der Waals surface area (Å²) < 4.78 is 4.99. The van der Waals surface area contributed by atoms with Crippen LogP contribution in [0.4, 0.5) is 5.69 Å². The van der Waals surface area contributed by atoms with Crippen molar-refractivity contribution < 1.29 is 16.1 Å². The average Bonchev–Trinajstić information content (AvgIpc) is 3.02. The molecule has 0 aliphatic carbocycles. The van der Waals surface area contributed by atoms with Crippen molar-refractivity contribution in [3.8, 4) is 11.8 Å². The Labute approximate surface area is 244 Å². The summed E-state index contributed by atoms with van der Waals surface area (Å²) in [6.07, 6.45) is 0. The number of carbonyl (C=O) groups is 2. The number of anilines is 1. The highest BCUT2D eigenvalue weighted by atomic mass is 32.2. The van der Waals surface area contributed by atoms with E-state index in [0.29, 0.717) is 12.1 Å².